The Morgan fingerprint density at radius 2 is 1.95 bits per heavy atom. The molecule has 19 heavy (non-hydrogen) atoms. The average Bonchev–Trinajstić information content (AvgIpc) is 2.36. The SMILES string of the molecule is CCCNC(C)c1ccc(OC(C)CCC)cc1F. The number of hydrogen-bond donors (Lipinski definition) is 1. The third-order valence-electron chi connectivity index (χ3n) is 3.17. The molecule has 1 aromatic carbocycles. The lowest BCUT2D eigenvalue weighted by molar-refractivity contribution is 0.209. The van der Waals surface area contributed by atoms with Gasteiger partial charge >= 0.3 is 0 Å². The highest BCUT2D eigenvalue weighted by Gasteiger charge is 2.12. The van der Waals surface area contributed by atoms with Gasteiger partial charge in [0.15, 0.2) is 0 Å². The number of ether oxygens (including phenoxy) is 1. The number of benzene rings is 1. The summed E-state index contributed by atoms with van der Waals surface area (Å²) in [5.74, 6) is 0.419. The first-order valence-electron chi connectivity index (χ1n) is 7.27. The first-order chi connectivity index (χ1) is 9.08. The number of halogens is 1. The third kappa shape index (κ3) is 5.19. The lowest BCUT2D eigenvalue weighted by Gasteiger charge is -2.17. The van der Waals surface area contributed by atoms with Crippen LogP contribution in [0.25, 0.3) is 0 Å². The standard InChI is InChI=1S/C16H26FNO/c1-5-7-12(3)19-14-8-9-15(16(17)11-14)13(4)18-10-6-2/h8-9,11-13,18H,5-7,10H2,1-4H3. The molecule has 0 bridgehead atoms. The molecule has 0 aliphatic heterocycles. The van der Waals surface area contributed by atoms with Gasteiger partial charge in [0.25, 0.3) is 0 Å². The predicted molar refractivity (Wildman–Crippen MR) is 78.1 cm³/mol. The van der Waals surface area contributed by atoms with Crippen molar-refractivity contribution in [3.05, 3.63) is 29.6 Å². The molecule has 1 aromatic rings. The van der Waals surface area contributed by atoms with Crippen molar-refractivity contribution in [1.29, 1.82) is 0 Å². The minimum atomic E-state index is -0.197. The summed E-state index contributed by atoms with van der Waals surface area (Å²) in [5.41, 5.74) is 0.698. The van der Waals surface area contributed by atoms with Gasteiger partial charge in [-0.25, -0.2) is 4.39 Å². The summed E-state index contributed by atoms with van der Waals surface area (Å²) in [4.78, 5) is 0. The molecule has 1 N–H and O–H groups in total. The fourth-order valence-electron chi connectivity index (χ4n) is 2.10. The van der Waals surface area contributed by atoms with Gasteiger partial charge in [-0.2, -0.15) is 0 Å². The Bertz CT molecular complexity index is 381. The molecule has 0 amide bonds. The van der Waals surface area contributed by atoms with E-state index in [0.29, 0.717) is 11.3 Å². The second-order valence-corrected chi connectivity index (χ2v) is 5.08. The highest BCUT2D eigenvalue weighted by Crippen LogP contribution is 2.23. The van der Waals surface area contributed by atoms with Crippen LogP contribution in [0.5, 0.6) is 5.75 Å². The number of hydrogen-bond acceptors (Lipinski definition) is 2. The molecule has 0 aromatic heterocycles. The lowest BCUT2D eigenvalue weighted by atomic mass is 10.1. The summed E-state index contributed by atoms with van der Waals surface area (Å²) in [7, 11) is 0. The van der Waals surface area contributed by atoms with Gasteiger partial charge in [0, 0.05) is 17.7 Å². The van der Waals surface area contributed by atoms with Crippen LogP contribution in [0.4, 0.5) is 4.39 Å². The molecule has 0 radical (unpaired) electrons. The van der Waals surface area contributed by atoms with E-state index in [-0.39, 0.29) is 18.0 Å². The fraction of sp³-hybridized carbons (Fsp3) is 0.625. The first-order valence-corrected chi connectivity index (χ1v) is 7.27. The maximum absolute atomic E-state index is 14.0. The van der Waals surface area contributed by atoms with Crippen molar-refractivity contribution in [2.75, 3.05) is 6.54 Å². The van der Waals surface area contributed by atoms with Crippen LogP contribution in [0.15, 0.2) is 18.2 Å². The van der Waals surface area contributed by atoms with E-state index >= 15 is 0 Å². The molecule has 0 aliphatic carbocycles. The first kappa shape index (κ1) is 16.0. The Balaban J connectivity index is 2.68. The van der Waals surface area contributed by atoms with Crippen LogP contribution < -0.4 is 10.1 Å². The largest absolute Gasteiger partial charge is 0.491 e. The van der Waals surface area contributed by atoms with Gasteiger partial charge in [-0.3, -0.25) is 0 Å². The second-order valence-electron chi connectivity index (χ2n) is 5.08. The Hall–Kier alpha value is -1.09. The molecule has 1 rings (SSSR count). The van der Waals surface area contributed by atoms with Gasteiger partial charge in [0.1, 0.15) is 11.6 Å². The van der Waals surface area contributed by atoms with Crippen molar-refractivity contribution in [1.82, 2.24) is 5.32 Å². The van der Waals surface area contributed by atoms with Crippen LogP contribution in [0.1, 0.15) is 58.6 Å². The topological polar surface area (TPSA) is 21.3 Å². The van der Waals surface area contributed by atoms with E-state index in [1.165, 1.54) is 6.07 Å². The highest BCUT2D eigenvalue weighted by molar-refractivity contribution is 5.30. The molecular formula is C16H26FNO. The quantitative estimate of drug-likeness (QED) is 0.751. The Labute approximate surface area is 116 Å². The smallest absolute Gasteiger partial charge is 0.131 e. The Morgan fingerprint density at radius 1 is 1.21 bits per heavy atom. The van der Waals surface area contributed by atoms with E-state index in [4.69, 9.17) is 4.74 Å². The van der Waals surface area contributed by atoms with E-state index in [0.717, 1.165) is 25.8 Å². The van der Waals surface area contributed by atoms with Crippen LogP contribution in [0.3, 0.4) is 0 Å². The molecule has 2 unspecified atom stereocenters. The van der Waals surface area contributed by atoms with Gasteiger partial charge in [-0.15, -0.1) is 0 Å². The summed E-state index contributed by atoms with van der Waals surface area (Å²) >= 11 is 0. The third-order valence-corrected chi connectivity index (χ3v) is 3.17. The Morgan fingerprint density at radius 3 is 2.53 bits per heavy atom. The molecule has 0 saturated heterocycles. The molecule has 2 nitrogen and oxygen atoms in total. The average molecular weight is 267 g/mol. The molecule has 0 heterocycles. The van der Waals surface area contributed by atoms with Crippen molar-refractivity contribution in [3.8, 4) is 5.75 Å². The molecule has 0 aliphatic rings. The van der Waals surface area contributed by atoms with Gasteiger partial charge in [-0.1, -0.05) is 26.3 Å². The van der Waals surface area contributed by atoms with Crippen LogP contribution in [-0.2, 0) is 0 Å². The molecule has 0 saturated carbocycles. The molecule has 2 atom stereocenters. The maximum atomic E-state index is 14.0. The summed E-state index contributed by atoms with van der Waals surface area (Å²) in [5, 5.41) is 3.29. The predicted octanol–water partition coefficient (Wildman–Crippen LogP) is 4.45. The Kier molecular flexibility index (Phi) is 6.85. The van der Waals surface area contributed by atoms with Crippen LogP contribution in [0.2, 0.25) is 0 Å². The zero-order valence-electron chi connectivity index (χ0n) is 12.5. The van der Waals surface area contributed by atoms with Crippen LogP contribution in [0, 0.1) is 5.82 Å². The zero-order chi connectivity index (χ0) is 14.3. The molecular weight excluding hydrogens is 241 g/mol. The molecule has 3 heteroatoms. The van der Waals surface area contributed by atoms with E-state index in [1.54, 1.807) is 0 Å². The lowest BCUT2D eigenvalue weighted by Crippen LogP contribution is -2.20. The highest BCUT2D eigenvalue weighted by atomic mass is 19.1. The summed E-state index contributed by atoms with van der Waals surface area (Å²) in [6.07, 6.45) is 3.23. The van der Waals surface area contributed by atoms with Crippen LogP contribution >= 0.6 is 0 Å². The summed E-state index contributed by atoms with van der Waals surface area (Å²) in [6, 6.07) is 5.19. The van der Waals surface area contributed by atoms with E-state index in [9.17, 15) is 4.39 Å². The minimum Gasteiger partial charge on any atom is -0.491 e. The van der Waals surface area contributed by atoms with Gasteiger partial charge < -0.3 is 10.1 Å². The second kappa shape index (κ2) is 8.16. The van der Waals surface area contributed by atoms with Crippen molar-refractivity contribution < 1.29 is 9.13 Å². The van der Waals surface area contributed by atoms with Gasteiger partial charge in [0.2, 0.25) is 0 Å². The zero-order valence-corrected chi connectivity index (χ0v) is 12.5. The van der Waals surface area contributed by atoms with E-state index in [2.05, 4.69) is 19.2 Å². The normalized spacial score (nSPS) is 14.2. The number of nitrogens with one attached hydrogen (secondary N) is 1. The number of rotatable bonds is 8. The monoisotopic (exact) mass is 267 g/mol. The van der Waals surface area contributed by atoms with E-state index in [1.807, 2.05) is 26.0 Å². The molecule has 0 fully saturated rings. The van der Waals surface area contributed by atoms with Crippen molar-refractivity contribution >= 4 is 0 Å². The molecule has 108 valence electrons. The van der Waals surface area contributed by atoms with Crippen molar-refractivity contribution in [2.45, 2.75) is 59.1 Å². The molecule has 0 spiro atoms. The van der Waals surface area contributed by atoms with Gasteiger partial charge in [0.05, 0.1) is 6.10 Å². The van der Waals surface area contributed by atoms with Crippen molar-refractivity contribution in [2.24, 2.45) is 0 Å². The maximum Gasteiger partial charge on any atom is 0.131 e. The minimum absolute atomic E-state index is 0.0297. The summed E-state index contributed by atoms with van der Waals surface area (Å²) in [6.45, 7) is 9.11. The van der Waals surface area contributed by atoms with Crippen LogP contribution in [-0.4, -0.2) is 12.6 Å². The van der Waals surface area contributed by atoms with Gasteiger partial charge in [-0.05, 0) is 39.3 Å². The van der Waals surface area contributed by atoms with E-state index < -0.39 is 0 Å². The fourth-order valence-corrected chi connectivity index (χ4v) is 2.10. The summed E-state index contributed by atoms with van der Waals surface area (Å²) < 4.78 is 19.7. The van der Waals surface area contributed by atoms with Crippen molar-refractivity contribution in [3.63, 3.8) is 0 Å².